The molecule has 0 atom stereocenters. The Morgan fingerprint density at radius 1 is 1.07 bits per heavy atom. The number of nitrogens with zero attached hydrogens (tertiary/aromatic N) is 1. The van der Waals surface area contributed by atoms with E-state index in [9.17, 15) is 14.3 Å². The normalized spacial score (nSPS) is 11.8. The van der Waals surface area contributed by atoms with Crippen molar-refractivity contribution in [1.82, 2.24) is 4.57 Å². The highest BCUT2D eigenvalue weighted by Gasteiger charge is 2.21. The van der Waals surface area contributed by atoms with Crippen molar-refractivity contribution in [1.29, 1.82) is 0 Å². The van der Waals surface area contributed by atoms with Crippen LogP contribution in [0.4, 0.5) is 4.39 Å². The van der Waals surface area contributed by atoms with E-state index in [0.717, 1.165) is 15.8 Å². The minimum Gasteiger partial charge on any atom is -0.454 e. The monoisotopic (exact) mass is 423 g/mol. The number of hydrogen-bond acceptors (Lipinski definition) is 4. The maximum Gasteiger partial charge on any atom is 0.259 e. The van der Waals surface area contributed by atoms with Crippen molar-refractivity contribution in [3.8, 4) is 22.6 Å². The van der Waals surface area contributed by atoms with Gasteiger partial charge in [0.1, 0.15) is 5.75 Å². The molecule has 0 amide bonds. The Labute approximate surface area is 177 Å². The van der Waals surface area contributed by atoms with Crippen LogP contribution in [0.25, 0.3) is 21.2 Å². The molecule has 1 N–H and O–H groups in total. The Bertz CT molecular complexity index is 1310. The number of rotatable bonds is 4. The summed E-state index contributed by atoms with van der Waals surface area (Å²) in [6, 6.07) is 11.9. The highest BCUT2D eigenvalue weighted by molar-refractivity contribution is 7.17. The van der Waals surface area contributed by atoms with Crippen molar-refractivity contribution in [2.75, 3.05) is 0 Å². The number of aliphatic hydroxyl groups is 1. The lowest BCUT2D eigenvalue weighted by atomic mass is 9.94. The highest BCUT2D eigenvalue weighted by atomic mass is 32.1. The van der Waals surface area contributed by atoms with Crippen LogP contribution in [0, 0.1) is 12.7 Å². The van der Waals surface area contributed by atoms with Gasteiger partial charge < -0.3 is 14.4 Å². The summed E-state index contributed by atoms with van der Waals surface area (Å²) in [7, 11) is 1.70. The second-order valence-corrected chi connectivity index (χ2v) is 8.84. The Hall–Kier alpha value is -2.96. The molecule has 0 aliphatic rings. The largest absolute Gasteiger partial charge is 0.454 e. The first-order valence-electron chi connectivity index (χ1n) is 9.53. The maximum absolute atomic E-state index is 14.5. The number of aryl methyl sites for hydroxylation is 2. The zero-order valence-electron chi connectivity index (χ0n) is 17.2. The Balaban J connectivity index is 1.96. The van der Waals surface area contributed by atoms with Gasteiger partial charge in [-0.2, -0.15) is 0 Å². The molecule has 2 aromatic heterocycles. The minimum atomic E-state index is -1.07. The Morgan fingerprint density at radius 3 is 2.50 bits per heavy atom. The van der Waals surface area contributed by atoms with E-state index in [4.69, 9.17) is 4.74 Å². The fraction of sp³-hybridized carbons (Fsp3) is 0.208. The van der Waals surface area contributed by atoms with E-state index in [-0.39, 0.29) is 11.3 Å². The van der Waals surface area contributed by atoms with Crippen LogP contribution in [-0.2, 0) is 12.6 Å². The molecule has 0 saturated heterocycles. The second-order valence-electron chi connectivity index (χ2n) is 7.93. The summed E-state index contributed by atoms with van der Waals surface area (Å²) in [5.41, 5.74) is 1.80. The zero-order chi connectivity index (χ0) is 21.6. The predicted octanol–water partition coefficient (Wildman–Crippen LogP) is 5.73. The van der Waals surface area contributed by atoms with Gasteiger partial charge in [-0.15, -0.1) is 11.3 Å². The van der Waals surface area contributed by atoms with E-state index in [2.05, 4.69) is 0 Å². The first-order chi connectivity index (χ1) is 14.1. The Morgan fingerprint density at radius 2 is 1.80 bits per heavy atom. The van der Waals surface area contributed by atoms with Gasteiger partial charge in [0.25, 0.3) is 5.56 Å². The first kappa shape index (κ1) is 20.3. The zero-order valence-corrected chi connectivity index (χ0v) is 18.0. The van der Waals surface area contributed by atoms with Crippen molar-refractivity contribution >= 4 is 21.4 Å². The minimum absolute atomic E-state index is 0.0827. The van der Waals surface area contributed by atoms with Gasteiger partial charge >= 0.3 is 0 Å². The lowest BCUT2D eigenvalue weighted by molar-refractivity contribution is 0.0786. The lowest BCUT2D eigenvalue weighted by Gasteiger charge is -2.21. The second kappa shape index (κ2) is 7.38. The summed E-state index contributed by atoms with van der Waals surface area (Å²) in [5.74, 6) is 0.110. The molecule has 0 saturated carbocycles. The molecule has 0 spiro atoms. The lowest BCUT2D eigenvalue weighted by Crippen LogP contribution is -2.17. The summed E-state index contributed by atoms with van der Waals surface area (Å²) < 4.78 is 22.8. The number of ether oxygens (including phenoxy) is 1. The van der Waals surface area contributed by atoms with Crippen LogP contribution in [-0.4, -0.2) is 9.67 Å². The van der Waals surface area contributed by atoms with Gasteiger partial charge in [0.2, 0.25) is 0 Å². The number of thiophene rings is 1. The number of halogens is 1. The summed E-state index contributed by atoms with van der Waals surface area (Å²) in [4.78, 5) is 12.5. The highest BCUT2D eigenvalue weighted by Crippen LogP contribution is 2.40. The molecular formula is C24H22FNO3S. The molecule has 0 aliphatic carbocycles. The van der Waals surface area contributed by atoms with Crippen LogP contribution < -0.4 is 10.3 Å². The van der Waals surface area contributed by atoms with Crippen LogP contribution in [0.3, 0.4) is 0 Å². The van der Waals surface area contributed by atoms with Crippen molar-refractivity contribution in [2.45, 2.75) is 26.4 Å². The molecular weight excluding hydrogens is 401 g/mol. The van der Waals surface area contributed by atoms with Crippen molar-refractivity contribution in [2.24, 2.45) is 7.05 Å². The molecule has 4 nitrogen and oxygen atoms in total. The average molecular weight is 424 g/mol. The average Bonchev–Trinajstić information content (AvgIpc) is 3.16. The SMILES string of the molecule is Cc1ccc(Oc2ccc(C(C)(C)O)cc2-c2cn(C)c(=O)c3ccsc23)c(F)c1. The van der Waals surface area contributed by atoms with Gasteiger partial charge in [-0.05, 0) is 67.6 Å². The molecule has 30 heavy (non-hydrogen) atoms. The van der Waals surface area contributed by atoms with Crippen LogP contribution in [0.1, 0.15) is 25.0 Å². The summed E-state index contributed by atoms with van der Waals surface area (Å²) in [5, 5.41) is 13.0. The third-order valence-corrected chi connectivity index (χ3v) is 6.01. The fourth-order valence-corrected chi connectivity index (χ4v) is 4.31. The van der Waals surface area contributed by atoms with E-state index in [1.165, 1.54) is 22.0 Å². The van der Waals surface area contributed by atoms with E-state index in [1.807, 2.05) is 18.4 Å². The molecule has 0 radical (unpaired) electrons. The molecule has 6 heteroatoms. The quantitative estimate of drug-likeness (QED) is 0.456. The predicted molar refractivity (Wildman–Crippen MR) is 119 cm³/mol. The number of aromatic nitrogens is 1. The molecule has 4 rings (SSSR count). The van der Waals surface area contributed by atoms with Gasteiger partial charge in [-0.3, -0.25) is 4.79 Å². The van der Waals surface area contributed by atoms with Gasteiger partial charge in [0, 0.05) is 29.1 Å². The molecule has 2 heterocycles. The fourth-order valence-electron chi connectivity index (χ4n) is 3.40. The van der Waals surface area contributed by atoms with Gasteiger partial charge in [0.05, 0.1) is 11.0 Å². The Kier molecular flexibility index (Phi) is 5.00. The molecule has 0 unspecified atom stereocenters. The molecule has 0 aliphatic heterocycles. The topological polar surface area (TPSA) is 51.5 Å². The third-order valence-electron chi connectivity index (χ3n) is 5.07. The maximum atomic E-state index is 14.5. The molecule has 154 valence electrons. The van der Waals surface area contributed by atoms with E-state index >= 15 is 0 Å². The van der Waals surface area contributed by atoms with Crippen LogP contribution >= 0.6 is 11.3 Å². The van der Waals surface area contributed by atoms with Crippen molar-refractivity contribution in [3.63, 3.8) is 0 Å². The van der Waals surface area contributed by atoms with E-state index < -0.39 is 11.4 Å². The van der Waals surface area contributed by atoms with Crippen LogP contribution in [0.15, 0.2) is 58.8 Å². The van der Waals surface area contributed by atoms with Crippen molar-refractivity contribution < 1.29 is 14.2 Å². The number of benzene rings is 2. The molecule has 4 aromatic rings. The van der Waals surface area contributed by atoms with Crippen LogP contribution in [0.5, 0.6) is 11.5 Å². The molecule has 0 bridgehead atoms. The number of hydrogen-bond donors (Lipinski definition) is 1. The van der Waals surface area contributed by atoms with Gasteiger partial charge in [-0.25, -0.2) is 4.39 Å². The van der Waals surface area contributed by atoms with E-state index in [0.29, 0.717) is 22.3 Å². The summed E-state index contributed by atoms with van der Waals surface area (Å²) in [6.07, 6.45) is 1.75. The summed E-state index contributed by atoms with van der Waals surface area (Å²) >= 11 is 1.46. The standard InChI is InChI=1S/C24H22FNO3S/c1-14-5-7-21(19(25)11-14)29-20-8-6-15(24(2,3)28)12-17(20)18-13-26(4)23(27)16-9-10-30-22(16)18/h5-13,28H,1-4H3. The van der Waals surface area contributed by atoms with Crippen molar-refractivity contribution in [3.05, 3.63) is 81.3 Å². The third kappa shape index (κ3) is 3.64. The van der Waals surface area contributed by atoms with Gasteiger partial charge in [-0.1, -0.05) is 12.1 Å². The van der Waals surface area contributed by atoms with E-state index in [1.54, 1.807) is 57.4 Å². The summed E-state index contributed by atoms with van der Waals surface area (Å²) in [6.45, 7) is 5.22. The molecule has 2 aromatic carbocycles. The number of pyridine rings is 1. The van der Waals surface area contributed by atoms with Crippen LogP contribution in [0.2, 0.25) is 0 Å². The number of fused-ring (bicyclic) bond motifs is 1. The first-order valence-corrected chi connectivity index (χ1v) is 10.4. The molecule has 0 fully saturated rings. The smallest absolute Gasteiger partial charge is 0.259 e. The van der Waals surface area contributed by atoms with Gasteiger partial charge in [0.15, 0.2) is 11.6 Å².